The standard InChI is InChI=1S/C16H24N2O2/c1-2-15-13-17(10-11-19)9-8-16(20)18(15)12-14-6-4-3-5-7-14/h3-7,15,19H,2,8-13H2,1H3/t15-/m1/s1. The Hall–Kier alpha value is -1.39. The zero-order valence-corrected chi connectivity index (χ0v) is 12.2. The van der Waals surface area contributed by atoms with Crippen LogP contribution in [0.25, 0.3) is 0 Å². The van der Waals surface area contributed by atoms with E-state index < -0.39 is 0 Å². The predicted octanol–water partition coefficient (Wildman–Crippen LogP) is 1.49. The monoisotopic (exact) mass is 276 g/mol. The summed E-state index contributed by atoms with van der Waals surface area (Å²) in [5.41, 5.74) is 1.18. The van der Waals surface area contributed by atoms with Gasteiger partial charge in [0.15, 0.2) is 0 Å². The van der Waals surface area contributed by atoms with Crippen LogP contribution in [0.2, 0.25) is 0 Å². The van der Waals surface area contributed by atoms with Crippen molar-refractivity contribution in [1.29, 1.82) is 0 Å². The van der Waals surface area contributed by atoms with Gasteiger partial charge in [0.1, 0.15) is 0 Å². The minimum Gasteiger partial charge on any atom is -0.395 e. The summed E-state index contributed by atoms with van der Waals surface area (Å²) in [5, 5.41) is 9.10. The van der Waals surface area contributed by atoms with E-state index in [-0.39, 0.29) is 18.6 Å². The van der Waals surface area contributed by atoms with E-state index in [4.69, 9.17) is 5.11 Å². The highest BCUT2D eigenvalue weighted by atomic mass is 16.3. The lowest BCUT2D eigenvalue weighted by atomic mass is 10.1. The third-order valence-corrected chi connectivity index (χ3v) is 3.96. The zero-order valence-electron chi connectivity index (χ0n) is 12.2. The summed E-state index contributed by atoms with van der Waals surface area (Å²) >= 11 is 0. The normalized spacial score (nSPS) is 21.0. The number of aliphatic hydroxyl groups is 1. The number of hydrogen-bond acceptors (Lipinski definition) is 3. The highest BCUT2D eigenvalue weighted by Crippen LogP contribution is 2.17. The molecule has 1 aromatic rings. The molecule has 1 aliphatic rings. The van der Waals surface area contributed by atoms with Gasteiger partial charge in [-0.05, 0) is 12.0 Å². The Kier molecular flexibility index (Phi) is 5.56. The quantitative estimate of drug-likeness (QED) is 0.886. The molecule has 0 saturated carbocycles. The summed E-state index contributed by atoms with van der Waals surface area (Å²) in [6.45, 7) is 5.23. The zero-order chi connectivity index (χ0) is 14.4. The second kappa shape index (κ2) is 7.41. The molecule has 4 heteroatoms. The van der Waals surface area contributed by atoms with Crippen LogP contribution in [0.3, 0.4) is 0 Å². The average molecular weight is 276 g/mol. The van der Waals surface area contributed by atoms with Crippen LogP contribution in [0.1, 0.15) is 25.3 Å². The van der Waals surface area contributed by atoms with E-state index in [0.29, 0.717) is 19.5 Å². The van der Waals surface area contributed by atoms with Crippen LogP contribution >= 0.6 is 0 Å². The molecule has 1 atom stereocenters. The minimum atomic E-state index is 0.156. The Morgan fingerprint density at radius 3 is 2.70 bits per heavy atom. The molecule has 0 radical (unpaired) electrons. The van der Waals surface area contributed by atoms with E-state index in [9.17, 15) is 4.79 Å². The second-order valence-corrected chi connectivity index (χ2v) is 5.34. The van der Waals surface area contributed by atoms with Crippen LogP contribution < -0.4 is 0 Å². The molecule has 1 heterocycles. The summed E-state index contributed by atoms with van der Waals surface area (Å²) in [5.74, 6) is 0.223. The number of carbonyl (C=O) groups excluding carboxylic acids is 1. The molecule has 1 saturated heterocycles. The fraction of sp³-hybridized carbons (Fsp3) is 0.562. The molecule has 1 aromatic carbocycles. The smallest absolute Gasteiger partial charge is 0.224 e. The largest absolute Gasteiger partial charge is 0.395 e. The Balaban J connectivity index is 2.10. The molecule has 1 amide bonds. The third-order valence-electron chi connectivity index (χ3n) is 3.96. The number of amides is 1. The number of benzene rings is 1. The second-order valence-electron chi connectivity index (χ2n) is 5.34. The molecule has 110 valence electrons. The van der Waals surface area contributed by atoms with E-state index in [2.05, 4.69) is 24.0 Å². The van der Waals surface area contributed by atoms with Gasteiger partial charge in [-0.2, -0.15) is 0 Å². The van der Waals surface area contributed by atoms with Gasteiger partial charge in [0, 0.05) is 38.6 Å². The molecular weight excluding hydrogens is 252 g/mol. The molecule has 1 fully saturated rings. The number of aliphatic hydroxyl groups excluding tert-OH is 1. The summed E-state index contributed by atoms with van der Waals surface area (Å²) in [6.07, 6.45) is 1.49. The summed E-state index contributed by atoms with van der Waals surface area (Å²) in [4.78, 5) is 16.6. The third kappa shape index (κ3) is 3.81. The van der Waals surface area contributed by atoms with Crippen molar-refractivity contribution in [1.82, 2.24) is 9.80 Å². The van der Waals surface area contributed by atoms with Gasteiger partial charge in [-0.25, -0.2) is 0 Å². The minimum absolute atomic E-state index is 0.156. The molecule has 0 spiro atoms. The molecule has 0 aliphatic carbocycles. The summed E-state index contributed by atoms with van der Waals surface area (Å²) < 4.78 is 0. The highest BCUT2D eigenvalue weighted by Gasteiger charge is 2.28. The molecule has 1 N–H and O–H groups in total. The first-order valence-electron chi connectivity index (χ1n) is 7.41. The maximum Gasteiger partial charge on any atom is 0.224 e. The number of carbonyl (C=O) groups is 1. The Morgan fingerprint density at radius 1 is 1.30 bits per heavy atom. The van der Waals surface area contributed by atoms with Crippen molar-refractivity contribution in [3.8, 4) is 0 Å². The Morgan fingerprint density at radius 2 is 2.05 bits per heavy atom. The topological polar surface area (TPSA) is 43.8 Å². The van der Waals surface area contributed by atoms with E-state index in [1.807, 2.05) is 23.1 Å². The van der Waals surface area contributed by atoms with E-state index in [0.717, 1.165) is 19.5 Å². The number of nitrogens with zero attached hydrogens (tertiary/aromatic N) is 2. The molecular formula is C16H24N2O2. The lowest BCUT2D eigenvalue weighted by molar-refractivity contribution is -0.133. The van der Waals surface area contributed by atoms with Crippen LogP contribution in [0.15, 0.2) is 30.3 Å². The average Bonchev–Trinajstić information content (AvgIpc) is 2.62. The van der Waals surface area contributed by atoms with Crippen molar-refractivity contribution in [3.05, 3.63) is 35.9 Å². The van der Waals surface area contributed by atoms with Gasteiger partial charge >= 0.3 is 0 Å². The van der Waals surface area contributed by atoms with Crippen LogP contribution in [0, 0.1) is 0 Å². The van der Waals surface area contributed by atoms with Crippen LogP contribution in [-0.4, -0.2) is 53.1 Å². The van der Waals surface area contributed by atoms with Crippen molar-refractivity contribution in [2.45, 2.75) is 32.4 Å². The molecule has 1 aliphatic heterocycles. The molecule has 0 bridgehead atoms. The molecule has 0 aromatic heterocycles. The van der Waals surface area contributed by atoms with Crippen molar-refractivity contribution >= 4 is 5.91 Å². The Bertz CT molecular complexity index is 422. The molecule has 0 unspecified atom stereocenters. The van der Waals surface area contributed by atoms with Gasteiger partial charge in [-0.3, -0.25) is 9.69 Å². The first-order valence-corrected chi connectivity index (χ1v) is 7.41. The Labute approximate surface area is 121 Å². The van der Waals surface area contributed by atoms with Gasteiger partial charge in [0.05, 0.1) is 6.61 Å². The van der Waals surface area contributed by atoms with E-state index in [1.165, 1.54) is 5.56 Å². The fourth-order valence-corrected chi connectivity index (χ4v) is 2.78. The molecule has 2 rings (SSSR count). The highest BCUT2D eigenvalue weighted by molar-refractivity contribution is 5.77. The number of hydrogen-bond donors (Lipinski definition) is 1. The maximum atomic E-state index is 12.4. The summed E-state index contributed by atoms with van der Waals surface area (Å²) in [7, 11) is 0. The molecule has 4 nitrogen and oxygen atoms in total. The van der Waals surface area contributed by atoms with E-state index >= 15 is 0 Å². The lowest BCUT2D eigenvalue weighted by Crippen LogP contribution is -2.42. The van der Waals surface area contributed by atoms with E-state index in [1.54, 1.807) is 0 Å². The van der Waals surface area contributed by atoms with Gasteiger partial charge in [-0.1, -0.05) is 37.3 Å². The van der Waals surface area contributed by atoms with Gasteiger partial charge < -0.3 is 10.0 Å². The first kappa shape index (κ1) is 15.0. The number of rotatable bonds is 5. The van der Waals surface area contributed by atoms with Crippen LogP contribution in [-0.2, 0) is 11.3 Å². The summed E-state index contributed by atoms with van der Waals surface area (Å²) in [6, 6.07) is 10.4. The van der Waals surface area contributed by atoms with Crippen molar-refractivity contribution in [2.75, 3.05) is 26.2 Å². The van der Waals surface area contributed by atoms with Crippen molar-refractivity contribution in [3.63, 3.8) is 0 Å². The van der Waals surface area contributed by atoms with Gasteiger partial charge in [-0.15, -0.1) is 0 Å². The first-order chi connectivity index (χ1) is 9.74. The van der Waals surface area contributed by atoms with Crippen LogP contribution in [0.5, 0.6) is 0 Å². The predicted molar refractivity (Wildman–Crippen MR) is 79.2 cm³/mol. The SMILES string of the molecule is CC[C@@H]1CN(CCO)CCC(=O)N1Cc1ccccc1. The maximum absolute atomic E-state index is 12.4. The lowest BCUT2D eigenvalue weighted by Gasteiger charge is -2.31. The van der Waals surface area contributed by atoms with Gasteiger partial charge in [0.2, 0.25) is 5.91 Å². The van der Waals surface area contributed by atoms with Crippen LogP contribution in [0.4, 0.5) is 0 Å². The van der Waals surface area contributed by atoms with Gasteiger partial charge in [0.25, 0.3) is 0 Å². The number of β-amino-alcohol motifs (C(OH)–C–C–N with tert-alkyl or cyclic N) is 1. The van der Waals surface area contributed by atoms with Crippen molar-refractivity contribution in [2.24, 2.45) is 0 Å². The fourth-order valence-electron chi connectivity index (χ4n) is 2.78. The van der Waals surface area contributed by atoms with Crippen molar-refractivity contribution < 1.29 is 9.90 Å². The molecule has 20 heavy (non-hydrogen) atoms.